The Bertz CT molecular complexity index is 637. The van der Waals surface area contributed by atoms with Gasteiger partial charge in [-0.3, -0.25) is 9.59 Å². The first-order valence-electron chi connectivity index (χ1n) is 9.68. The molecule has 2 aliphatic rings. The summed E-state index contributed by atoms with van der Waals surface area (Å²) in [5.41, 5.74) is -0.325. The molecule has 7 nitrogen and oxygen atoms in total. The van der Waals surface area contributed by atoms with Crippen molar-refractivity contribution in [3.05, 3.63) is 12.4 Å². The molecule has 2 fully saturated rings. The fraction of sp³-hybridized carbons (Fsp3) is 0.789. The van der Waals surface area contributed by atoms with E-state index in [1.54, 1.807) is 17.2 Å². The van der Waals surface area contributed by atoms with Crippen LogP contribution in [0, 0.1) is 11.3 Å². The number of hydrogen-bond donors (Lipinski definition) is 0. The number of aromatic nitrogens is 3. The highest BCUT2D eigenvalue weighted by atomic mass is 16.2. The fourth-order valence-corrected chi connectivity index (χ4v) is 3.56. The predicted molar refractivity (Wildman–Crippen MR) is 98.2 cm³/mol. The Morgan fingerprint density at radius 1 is 1.04 bits per heavy atom. The van der Waals surface area contributed by atoms with Gasteiger partial charge >= 0.3 is 0 Å². The Kier molecular flexibility index (Phi) is 5.08. The third kappa shape index (κ3) is 3.91. The molecule has 0 bridgehead atoms. The molecular formula is C19H31N5O2. The van der Waals surface area contributed by atoms with Gasteiger partial charge in [-0.2, -0.15) is 15.0 Å². The van der Waals surface area contributed by atoms with Crippen LogP contribution < -0.4 is 0 Å². The normalized spacial score (nSPS) is 20.8. The molecule has 1 aliphatic heterocycles. The third-order valence-corrected chi connectivity index (χ3v) is 5.55. The van der Waals surface area contributed by atoms with Crippen LogP contribution in [0.1, 0.15) is 53.4 Å². The summed E-state index contributed by atoms with van der Waals surface area (Å²) >= 11 is 0. The van der Waals surface area contributed by atoms with Gasteiger partial charge in [-0.15, -0.1) is 0 Å². The summed E-state index contributed by atoms with van der Waals surface area (Å²) in [5, 5.41) is 8.33. The minimum absolute atomic E-state index is 0.0412. The largest absolute Gasteiger partial charge is 0.339 e. The quantitative estimate of drug-likeness (QED) is 0.803. The first-order valence-corrected chi connectivity index (χ1v) is 9.68. The van der Waals surface area contributed by atoms with Crippen molar-refractivity contribution < 1.29 is 9.59 Å². The zero-order chi connectivity index (χ0) is 18.9. The number of carbonyl (C=O) groups excluding carboxylic acids is 2. The Labute approximate surface area is 155 Å². The number of carbonyl (C=O) groups is 2. The van der Waals surface area contributed by atoms with Crippen LogP contribution in [0.25, 0.3) is 0 Å². The van der Waals surface area contributed by atoms with E-state index in [0.29, 0.717) is 26.2 Å². The van der Waals surface area contributed by atoms with Crippen molar-refractivity contribution in [2.75, 3.05) is 26.2 Å². The molecule has 1 atom stereocenters. The minimum Gasteiger partial charge on any atom is -0.339 e. The van der Waals surface area contributed by atoms with Gasteiger partial charge in [0, 0.05) is 32.1 Å². The van der Waals surface area contributed by atoms with Gasteiger partial charge < -0.3 is 9.80 Å². The molecular weight excluding hydrogens is 330 g/mol. The van der Waals surface area contributed by atoms with Crippen molar-refractivity contribution in [3.63, 3.8) is 0 Å². The lowest BCUT2D eigenvalue weighted by molar-refractivity contribution is -0.144. The van der Waals surface area contributed by atoms with Crippen molar-refractivity contribution in [3.8, 4) is 0 Å². The molecule has 1 saturated heterocycles. The summed E-state index contributed by atoms with van der Waals surface area (Å²) in [6, 6.07) is 0. The molecule has 0 radical (unpaired) electrons. The van der Waals surface area contributed by atoms with Crippen molar-refractivity contribution in [2.24, 2.45) is 11.3 Å². The number of amides is 2. The number of rotatable bonds is 5. The van der Waals surface area contributed by atoms with Gasteiger partial charge in [0.25, 0.3) is 5.91 Å². The fourth-order valence-electron chi connectivity index (χ4n) is 3.56. The van der Waals surface area contributed by atoms with Gasteiger partial charge in [-0.25, -0.2) is 0 Å². The van der Waals surface area contributed by atoms with Crippen molar-refractivity contribution in [2.45, 2.75) is 58.9 Å². The lowest BCUT2D eigenvalue weighted by Gasteiger charge is -2.37. The van der Waals surface area contributed by atoms with Crippen molar-refractivity contribution in [1.82, 2.24) is 24.8 Å². The summed E-state index contributed by atoms with van der Waals surface area (Å²) in [6.07, 6.45) is 6.77. The van der Waals surface area contributed by atoms with E-state index in [1.165, 1.54) is 0 Å². The summed E-state index contributed by atoms with van der Waals surface area (Å²) in [4.78, 5) is 31.0. The van der Waals surface area contributed by atoms with E-state index >= 15 is 0 Å². The van der Waals surface area contributed by atoms with Crippen LogP contribution in [0.3, 0.4) is 0 Å². The van der Waals surface area contributed by atoms with E-state index in [0.717, 1.165) is 25.7 Å². The smallest absolute Gasteiger partial charge is 0.252 e. The molecule has 26 heavy (non-hydrogen) atoms. The third-order valence-electron chi connectivity index (χ3n) is 5.55. The van der Waals surface area contributed by atoms with Crippen LogP contribution in [0.4, 0.5) is 0 Å². The van der Waals surface area contributed by atoms with Crippen LogP contribution in [0.2, 0.25) is 0 Å². The maximum atomic E-state index is 12.9. The second kappa shape index (κ2) is 7.00. The van der Waals surface area contributed by atoms with Crippen molar-refractivity contribution in [1.29, 1.82) is 0 Å². The van der Waals surface area contributed by atoms with E-state index in [2.05, 4.69) is 31.0 Å². The van der Waals surface area contributed by atoms with E-state index in [4.69, 9.17) is 0 Å². The van der Waals surface area contributed by atoms with Crippen LogP contribution in [0.15, 0.2) is 12.4 Å². The molecule has 1 aromatic rings. The van der Waals surface area contributed by atoms with Gasteiger partial charge in [-0.05, 0) is 31.1 Å². The lowest BCUT2D eigenvalue weighted by atomic mass is 9.87. The van der Waals surface area contributed by atoms with Crippen LogP contribution in [-0.2, 0) is 15.1 Å². The van der Waals surface area contributed by atoms with E-state index < -0.39 is 5.54 Å². The molecule has 0 N–H and O–H groups in total. The summed E-state index contributed by atoms with van der Waals surface area (Å²) < 4.78 is 0. The number of hydrogen-bond acceptors (Lipinski definition) is 4. The second-order valence-electron chi connectivity index (χ2n) is 8.97. The highest BCUT2D eigenvalue weighted by molar-refractivity contribution is 5.87. The highest BCUT2D eigenvalue weighted by Gasteiger charge is 2.55. The van der Waals surface area contributed by atoms with Gasteiger partial charge in [0.05, 0.1) is 12.4 Å². The Hall–Kier alpha value is -1.92. The molecule has 0 aromatic carbocycles. The van der Waals surface area contributed by atoms with Crippen LogP contribution in [-0.4, -0.2) is 62.8 Å². The molecule has 3 rings (SSSR count). The second-order valence-corrected chi connectivity index (χ2v) is 8.97. The Morgan fingerprint density at radius 2 is 1.58 bits per heavy atom. The van der Waals surface area contributed by atoms with Gasteiger partial charge in [0.15, 0.2) is 5.54 Å². The van der Waals surface area contributed by atoms with E-state index in [1.807, 2.05) is 16.7 Å². The number of nitrogens with zero attached hydrogens (tertiary/aromatic N) is 5. The van der Waals surface area contributed by atoms with Crippen LogP contribution in [0.5, 0.6) is 0 Å². The molecule has 2 amide bonds. The summed E-state index contributed by atoms with van der Waals surface area (Å²) in [7, 11) is 0. The minimum atomic E-state index is -0.574. The van der Waals surface area contributed by atoms with Gasteiger partial charge in [0.2, 0.25) is 5.91 Å². The lowest BCUT2D eigenvalue weighted by Crippen LogP contribution is -2.54. The molecule has 144 valence electrons. The standard InChI is InChI=1S/C19H31N5O2/c1-15(5-6-18(2,3)4)16(25)22-11-13-23(14-12-22)17(26)19(7-8-19)24-20-9-10-21-24/h9-10,15H,5-8,11-14H2,1-4H3. The van der Waals surface area contributed by atoms with Crippen molar-refractivity contribution >= 4 is 11.8 Å². The SMILES string of the molecule is CC(CCC(C)(C)C)C(=O)N1CCN(C(=O)C2(n3nccn3)CC2)CC1. The van der Waals surface area contributed by atoms with E-state index in [-0.39, 0.29) is 23.1 Å². The molecule has 2 heterocycles. The van der Waals surface area contributed by atoms with E-state index in [9.17, 15) is 9.59 Å². The molecule has 7 heteroatoms. The maximum absolute atomic E-state index is 12.9. The topological polar surface area (TPSA) is 71.3 Å². The maximum Gasteiger partial charge on any atom is 0.252 e. The zero-order valence-corrected chi connectivity index (χ0v) is 16.4. The average Bonchev–Trinajstić information content (AvgIpc) is 3.24. The highest BCUT2D eigenvalue weighted by Crippen LogP contribution is 2.44. The zero-order valence-electron chi connectivity index (χ0n) is 16.4. The first kappa shape index (κ1) is 18.9. The van der Waals surface area contributed by atoms with Crippen LogP contribution >= 0.6 is 0 Å². The molecule has 1 unspecified atom stereocenters. The average molecular weight is 361 g/mol. The van der Waals surface area contributed by atoms with Gasteiger partial charge in [-0.1, -0.05) is 27.7 Å². The monoisotopic (exact) mass is 361 g/mol. The summed E-state index contributed by atoms with van der Waals surface area (Å²) in [6.45, 7) is 11.1. The Morgan fingerprint density at radius 3 is 2.08 bits per heavy atom. The summed E-state index contributed by atoms with van der Waals surface area (Å²) in [5.74, 6) is 0.359. The Balaban J connectivity index is 1.51. The molecule has 1 saturated carbocycles. The molecule has 1 aliphatic carbocycles. The molecule has 0 spiro atoms. The first-order chi connectivity index (χ1) is 12.2. The number of piperazine rings is 1. The predicted octanol–water partition coefficient (Wildman–Crippen LogP) is 1.90. The van der Waals surface area contributed by atoms with Gasteiger partial charge in [0.1, 0.15) is 0 Å². The molecule has 1 aromatic heterocycles.